The van der Waals surface area contributed by atoms with E-state index in [9.17, 15) is 8.42 Å². The minimum absolute atomic E-state index is 0.0212. The Balaban J connectivity index is 1.77. The Morgan fingerprint density at radius 1 is 0.939 bits per heavy atom. The monoisotopic (exact) mass is 528 g/mol. The molecule has 0 atom stereocenters. The van der Waals surface area contributed by atoms with Crippen LogP contribution in [0, 0.1) is 0 Å². The zero-order valence-corrected chi connectivity index (χ0v) is 20.3. The molecule has 0 radical (unpaired) electrons. The maximum absolute atomic E-state index is 13.4. The summed E-state index contributed by atoms with van der Waals surface area (Å²) in [4.78, 5) is 4.46. The molecule has 0 bridgehead atoms. The van der Waals surface area contributed by atoms with Crippen molar-refractivity contribution in [2.24, 2.45) is 0 Å². The maximum Gasteiger partial charge on any atom is 0.238 e. The lowest BCUT2D eigenvalue weighted by Gasteiger charge is -2.08. The summed E-state index contributed by atoms with van der Waals surface area (Å²) in [5.41, 5.74) is 1.24. The topological polar surface area (TPSA) is 90.7 Å². The molecule has 4 rings (SSSR count). The molecule has 0 unspecified atom stereocenters. The van der Waals surface area contributed by atoms with Gasteiger partial charge in [0.15, 0.2) is 0 Å². The first kappa shape index (κ1) is 22.9. The molecule has 0 amide bonds. The van der Waals surface area contributed by atoms with Gasteiger partial charge in [0.05, 0.1) is 18.6 Å². The van der Waals surface area contributed by atoms with Crippen LogP contribution in [-0.4, -0.2) is 27.1 Å². The Hall–Kier alpha value is -3.30. The Morgan fingerprint density at radius 3 is 2.18 bits per heavy atom. The van der Waals surface area contributed by atoms with Gasteiger partial charge in [-0.05, 0) is 79.7 Å². The van der Waals surface area contributed by atoms with Crippen molar-refractivity contribution in [3.63, 3.8) is 0 Å². The third-order valence-corrected chi connectivity index (χ3v) is 6.94. The Morgan fingerprint density at radius 2 is 1.58 bits per heavy atom. The SMILES string of the molecule is CCOc1ccc(Nc2oc(-c3ccc(OC)cc3)nc2S(=O)(=O)c2ccc(Br)cc2)cc1. The molecule has 0 saturated heterocycles. The molecule has 0 fully saturated rings. The van der Waals surface area contributed by atoms with E-state index < -0.39 is 9.84 Å². The van der Waals surface area contributed by atoms with Crippen molar-refractivity contribution in [1.82, 2.24) is 4.98 Å². The van der Waals surface area contributed by atoms with E-state index in [1.807, 2.05) is 6.92 Å². The smallest absolute Gasteiger partial charge is 0.238 e. The fourth-order valence-electron chi connectivity index (χ4n) is 3.08. The second-order valence-electron chi connectivity index (χ2n) is 6.92. The van der Waals surface area contributed by atoms with Crippen molar-refractivity contribution in [2.75, 3.05) is 19.0 Å². The van der Waals surface area contributed by atoms with Crippen LogP contribution in [0.4, 0.5) is 11.6 Å². The molecule has 3 aromatic carbocycles. The third kappa shape index (κ3) is 5.04. The number of hydrogen-bond acceptors (Lipinski definition) is 7. The van der Waals surface area contributed by atoms with Gasteiger partial charge < -0.3 is 19.2 Å². The van der Waals surface area contributed by atoms with Crippen molar-refractivity contribution < 1.29 is 22.3 Å². The Bertz CT molecular complexity index is 1330. The first-order valence-electron chi connectivity index (χ1n) is 10.1. The number of nitrogens with one attached hydrogen (secondary N) is 1. The quantitative estimate of drug-likeness (QED) is 0.296. The van der Waals surface area contributed by atoms with Crippen LogP contribution in [0.1, 0.15) is 6.92 Å². The van der Waals surface area contributed by atoms with Gasteiger partial charge in [-0.15, -0.1) is 0 Å². The molecule has 170 valence electrons. The van der Waals surface area contributed by atoms with Crippen LogP contribution < -0.4 is 14.8 Å². The number of hydrogen-bond donors (Lipinski definition) is 1. The number of sulfone groups is 1. The number of oxazole rings is 1. The largest absolute Gasteiger partial charge is 0.497 e. The summed E-state index contributed by atoms with van der Waals surface area (Å²) in [6.07, 6.45) is 0. The van der Waals surface area contributed by atoms with E-state index in [1.165, 1.54) is 12.1 Å². The lowest BCUT2D eigenvalue weighted by molar-refractivity contribution is 0.340. The van der Waals surface area contributed by atoms with Crippen LogP contribution >= 0.6 is 15.9 Å². The zero-order valence-electron chi connectivity index (χ0n) is 17.9. The van der Waals surface area contributed by atoms with Gasteiger partial charge in [0, 0.05) is 15.7 Å². The number of rotatable bonds is 8. The van der Waals surface area contributed by atoms with Crippen molar-refractivity contribution in [3.05, 3.63) is 77.3 Å². The lowest BCUT2D eigenvalue weighted by Crippen LogP contribution is -2.05. The van der Waals surface area contributed by atoms with Gasteiger partial charge in [0.2, 0.25) is 26.6 Å². The number of ether oxygens (including phenoxy) is 2. The molecule has 1 N–H and O–H groups in total. The van der Waals surface area contributed by atoms with E-state index in [0.29, 0.717) is 29.4 Å². The minimum atomic E-state index is -3.96. The van der Waals surface area contributed by atoms with E-state index >= 15 is 0 Å². The second-order valence-corrected chi connectivity index (χ2v) is 9.70. The van der Waals surface area contributed by atoms with Gasteiger partial charge in [-0.2, -0.15) is 4.98 Å². The summed E-state index contributed by atoms with van der Waals surface area (Å²) in [5, 5.41) is 2.84. The molecule has 0 spiro atoms. The van der Waals surface area contributed by atoms with Crippen LogP contribution in [-0.2, 0) is 9.84 Å². The van der Waals surface area contributed by atoms with E-state index in [0.717, 1.165) is 4.47 Å². The van der Waals surface area contributed by atoms with Crippen LogP contribution in [0.15, 0.2) is 91.6 Å². The van der Waals surface area contributed by atoms with Gasteiger partial charge in [-0.1, -0.05) is 15.9 Å². The molecule has 0 aliphatic carbocycles. The molecule has 0 aliphatic heterocycles. The number of nitrogens with zero attached hydrogens (tertiary/aromatic N) is 1. The van der Waals surface area contributed by atoms with Crippen molar-refractivity contribution in [2.45, 2.75) is 16.8 Å². The Kier molecular flexibility index (Phi) is 6.71. The fraction of sp³-hybridized carbons (Fsp3) is 0.125. The lowest BCUT2D eigenvalue weighted by atomic mass is 10.2. The second kappa shape index (κ2) is 9.68. The van der Waals surface area contributed by atoms with Crippen molar-refractivity contribution in [3.8, 4) is 23.0 Å². The average Bonchev–Trinajstić information content (AvgIpc) is 3.25. The number of benzene rings is 3. The molecule has 0 aliphatic rings. The van der Waals surface area contributed by atoms with E-state index in [4.69, 9.17) is 13.9 Å². The van der Waals surface area contributed by atoms with Gasteiger partial charge in [-0.25, -0.2) is 8.42 Å². The van der Waals surface area contributed by atoms with Gasteiger partial charge >= 0.3 is 0 Å². The highest BCUT2D eigenvalue weighted by Gasteiger charge is 2.29. The standard InChI is InChI=1S/C24H21BrN2O5S/c1-3-31-20-12-8-18(9-13-20)26-23-24(33(28,29)21-14-6-17(25)7-15-21)27-22(32-23)16-4-10-19(30-2)11-5-16/h4-15,26H,3H2,1-2H3. The van der Waals surface area contributed by atoms with E-state index in [-0.39, 0.29) is 21.7 Å². The highest BCUT2D eigenvalue weighted by Crippen LogP contribution is 2.35. The predicted octanol–water partition coefficient (Wildman–Crippen LogP) is 6.09. The van der Waals surface area contributed by atoms with Crippen LogP contribution in [0.5, 0.6) is 11.5 Å². The molecule has 7 nitrogen and oxygen atoms in total. The number of halogens is 1. The van der Waals surface area contributed by atoms with Crippen molar-refractivity contribution in [1.29, 1.82) is 0 Å². The summed E-state index contributed by atoms with van der Waals surface area (Å²) in [5.74, 6) is 1.57. The van der Waals surface area contributed by atoms with Crippen molar-refractivity contribution >= 4 is 37.3 Å². The van der Waals surface area contributed by atoms with Crippen LogP contribution in [0.3, 0.4) is 0 Å². The molecule has 9 heteroatoms. The van der Waals surface area contributed by atoms with Gasteiger partial charge in [0.25, 0.3) is 0 Å². The first-order valence-corrected chi connectivity index (χ1v) is 12.3. The summed E-state index contributed by atoms with van der Waals surface area (Å²) in [6.45, 7) is 2.45. The summed E-state index contributed by atoms with van der Waals surface area (Å²) in [7, 11) is -2.39. The number of methoxy groups -OCH3 is 1. The molecule has 1 aromatic heterocycles. The fourth-order valence-corrected chi connectivity index (χ4v) is 4.60. The number of aromatic nitrogens is 1. The highest BCUT2D eigenvalue weighted by atomic mass is 79.9. The van der Waals surface area contributed by atoms with E-state index in [1.54, 1.807) is 67.8 Å². The Labute approximate surface area is 200 Å². The first-order chi connectivity index (χ1) is 15.9. The summed E-state index contributed by atoms with van der Waals surface area (Å²) in [6, 6.07) is 20.5. The number of anilines is 2. The van der Waals surface area contributed by atoms with Gasteiger partial charge in [0.1, 0.15) is 11.5 Å². The highest BCUT2D eigenvalue weighted by molar-refractivity contribution is 9.10. The van der Waals surface area contributed by atoms with Crippen LogP contribution in [0.2, 0.25) is 0 Å². The van der Waals surface area contributed by atoms with E-state index in [2.05, 4.69) is 26.2 Å². The third-order valence-electron chi connectivity index (χ3n) is 4.73. The predicted molar refractivity (Wildman–Crippen MR) is 129 cm³/mol. The molecule has 33 heavy (non-hydrogen) atoms. The summed E-state index contributed by atoms with van der Waals surface area (Å²) >= 11 is 3.33. The zero-order chi connectivity index (χ0) is 23.4. The molecule has 4 aromatic rings. The average molecular weight is 529 g/mol. The van der Waals surface area contributed by atoms with Crippen LogP contribution in [0.25, 0.3) is 11.5 Å². The molecule has 0 saturated carbocycles. The molecule has 1 heterocycles. The normalized spacial score (nSPS) is 11.2. The maximum atomic E-state index is 13.4. The van der Waals surface area contributed by atoms with Gasteiger partial charge in [-0.3, -0.25) is 0 Å². The minimum Gasteiger partial charge on any atom is -0.497 e. The molecular formula is C24H21BrN2O5S. The molecular weight excluding hydrogens is 508 g/mol. The summed E-state index contributed by atoms with van der Waals surface area (Å²) < 4.78 is 44.2.